The molecule has 3 nitrogen and oxygen atoms in total. The first-order chi connectivity index (χ1) is 9.43. The van der Waals surface area contributed by atoms with Crippen LogP contribution in [0.15, 0.2) is 48.1 Å². The molecule has 0 radical (unpaired) electrons. The van der Waals surface area contributed by atoms with Crippen LogP contribution in [0, 0.1) is 0 Å². The summed E-state index contributed by atoms with van der Waals surface area (Å²) in [6.45, 7) is 1.79. The summed E-state index contributed by atoms with van der Waals surface area (Å²) in [5, 5.41) is 7.86. The number of nitrogens with zero attached hydrogens (tertiary/aromatic N) is 2. The maximum absolute atomic E-state index is 4.46. The van der Waals surface area contributed by atoms with E-state index >= 15 is 0 Å². The summed E-state index contributed by atoms with van der Waals surface area (Å²) in [5.41, 5.74) is 2.34. The van der Waals surface area contributed by atoms with Gasteiger partial charge in [-0.15, -0.1) is 11.3 Å². The van der Waals surface area contributed by atoms with Gasteiger partial charge in [0.05, 0.1) is 10.5 Å². The second-order valence-electron chi connectivity index (χ2n) is 4.34. The zero-order valence-corrected chi connectivity index (χ0v) is 11.4. The number of thiazole rings is 1. The third-order valence-corrected chi connectivity index (χ3v) is 3.87. The van der Waals surface area contributed by atoms with E-state index in [1.165, 1.54) is 16.0 Å². The normalized spacial score (nSPS) is 10.9. The quantitative estimate of drug-likeness (QED) is 0.723. The van der Waals surface area contributed by atoms with Crippen LogP contribution in [-0.2, 0) is 13.0 Å². The minimum Gasteiger partial charge on any atom is -0.312 e. The SMILES string of the molecule is c1cnc2c(CNCCc3nccs3)cccc2c1. The summed E-state index contributed by atoms with van der Waals surface area (Å²) in [7, 11) is 0. The maximum Gasteiger partial charge on any atom is 0.0937 e. The fourth-order valence-corrected chi connectivity index (χ4v) is 2.73. The van der Waals surface area contributed by atoms with Gasteiger partial charge in [0, 0.05) is 42.7 Å². The molecule has 3 aromatic rings. The Balaban J connectivity index is 1.62. The van der Waals surface area contributed by atoms with E-state index in [-0.39, 0.29) is 0 Å². The summed E-state index contributed by atoms with van der Waals surface area (Å²) in [4.78, 5) is 8.74. The van der Waals surface area contributed by atoms with Gasteiger partial charge in [-0.25, -0.2) is 4.98 Å². The van der Waals surface area contributed by atoms with Crippen LogP contribution in [-0.4, -0.2) is 16.5 Å². The van der Waals surface area contributed by atoms with Gasteiger partial charge in [-0.2, -0.15) is 0 Å². The number of fused-ring (bicyclic) bond motifs is 1. The second kappa shape index (κ2) is 5.91. The minimum atomic E-state index is 0.847. The van der Waals surface area contributed by atoms with E-state index in [4.69, 9.17) is 0 Å². The molecule has 0 aliphatic carbocycles. The number of benzene rings is 1. The van der Waals surface area contributed by atoms with Gasteiger partial charge in [0.15, 0.2) is 0 Å². The molecule has 2 heterocycles. The van der Waals surface area contributed by atoms with Crippen LogP contribution in [0.4, 0.5) is 0 Å². The zero-order chi connectivity index (χ0) is 12.9. The summed E-state index contributed by atoms with van der Waals surface area (Å²) < 4.78 is 0. The average molecular weight is 269 g/mol. The Morgan fingerprint density at radius 3 is 2.89 bits per heavy atom. The number of nitrogens with one attached hydrogen (secondary N) is 1. The molecule has 0 atom stereocenters. The third kappa shape index (κ3) is 2.97. The Kier molecular flexibility index (Phi) is 3.81. The van der Waals surface area contributed by atoms with Crippen molar-refractivity contribution in [3.8, 4) is 0 Å². The predicted octanol–water partition coefficient (Wildman–Crippen LogP) is 3.02. The fraction of sp³-hybridized carbons (Fsp3) is 0.200. The average Bonchev–Trinajstić information content (AvgIpc) is 2.97. The van der Waals surface area contributed by atoms with Gasteiger partial charge in [-0.3, -0.25) is 4.98 Å². The standard InChI is InChI=1S/C15H15N3S/c1-3-12-5-2-7-18-15(12)13(4-1)11-16-8-6-14-17-9-10-19-14/h1-5,7,9-10,16H,6,8,11H2. The van der Waals surface area contributed by atoms with Crippen LogP contribution in [0.3, 0.4) is 0 Å². The molecule has 0 amide bonds. The van der Waals surface area contributed by atoms with Crippen LogP contribution < -0.4 is 5.32 Å². The van der Waals surface area contributed by atoms with E-state index < -0.39 is 0 Å². The lowest BCUT2D eigenvalue weighted by Crippen LogP contribution is -2.16. The molecular weight excluding hydrogens is 254 g/mol. The van der Waals surface area contributed by atoms with Gasteiger partial charge in [-0.1, -0.05) is 24.3 Å². The summed E-state index contributed by atoms with van der Waals surface area (Å²) in [6.07, 6.45) is 4.69. The molecule has 0 aliphatic rings. The summed E-state index contributed by atoms with van der Waals surface area (Å²) in [6, 6.07) is 10.4. The lowest BCUT2D eigenvalue weighted by atomic mass is 10.1. The van der Waals surface area contributed by atoms with E-state index in [9.17, 15) is 0 Å². The highest BCUT2D eigenvalue weighted by atomic mass is 32.1. The molecule has 3 rings (SSSR count). The minimum absolute atomic E-state index is 0.847. The number of aromatic nitrogens is 2. The van der Waals surface area contributed by atoms with Crippen LogP contribution in [0.2, 0.25) is 0 Å². The molecule has 0 saturated heterocycles. The Morgan fingerprint density at radius 2 is 2.00 bits per heavy atom. The van der Waals surface area contributed by atoms with E-state index in [2.05, 4.69) is 39.6 Å². The topological polar surface area (TPSA) is 37.8 Å². The summed E-state index contributed by atoms with van der Waals surface area (Å²) >= 11 is 1.71. The molecule has 0 fully saturated rings. The maximum atomic E-state index is 4.46. The Bertz CT molecular complexity index is 644. The lowest BCUT2D eigenvalue weighted by molar-refractivity contribution is 0.687. The monoisotopic (exact) mass is 269 g/mol. The van der Waals surface area contributed by atoms with Crippen molar-refractivity contribution >= 4 is 22.2 Å². The van der Waals surface area contributed by atoms with Crippen molar-refractivity contribution in [1.29, 1.82) is 0 Å². The second-order valence-corrected chi connectivity index (χ2v) is 5.32. The Hall–Kier alpha value is -1.78. The van der Waals surface area contributed by atoms with Gasteiger partial charge in [-0.05, 0) is 11.6 Å². The van der Waals surface area contributed by atoms with Crippen molar-refractivity contribution in [2.24, 2.45) is 0 Å². The summed E-state index contributed by atoms with van der Waals surface area (Å²) in [5.74, 6) is 0. The van der Waals surface area contributed by atoms with E-state index in [0.29, 0.717) is 0 Å². The van der Waals surface area contributed by atoms with E-state index in [1.54, 1.807) is 11.3 Å². The number of pyridine rings is 1. The number of hydrogen-bond acceptors (Lipinski definition) is 4. The van der Waals surface area contributed by atoms with Crippen LogP contribution in [0.25, 0.3) is 10.9 Å². The molecule has 0 unspecified atom stereocenters. The molecule has 4 heteroatoms. The largest absolute Gasteiger partial charge is 0.312 e. The smallest absolute Gasteiger partial charge is 0.0937 e. The molecule has 0 bridgehead atoms. The van der Waals surface area contributed by atoms with Gasteiger partial charge < -0.3 is 5.32 Å². The van der Waals surface area contributed by atoms with Crippen molar-refractivity contribution in [3.05, 3.63) is 58.7 Å². The Labute approximate surface area is 116 Å². The number of hydrogen-bond donors (Lipinski definition) is 1. The molecule has 1 N–H and O–H groups in total. The van der Waals surface area contributed by atoms with Crippen molar-refractivity contribution in [2.45, 2.75) is 13.0 Å². The third-order valence-electron chi connectivity index (χ3n) is 3.03. The highest BCUT2D eigenvalue weighted by Gasteiger charge is 2.01. The molecule has 19 heavy (non-hydrogen) atoms. The highest BCUT2D eigenvalue weighted by Crippen LogP contribution is 2.15. The van der Waals surface area contributed by atoms with Crippen molar-refractivity contribution < 1.29 is 0 Å². The van der Waals surface area contributed by atoms with E-state index in [1.807, 2.05) is 23.8 Å². The molecule has 2 aromatic heterocycles. The van der Waals surface area contributed by atoms with Crippen molar-refractivity contribution in [1.82, 2.24) is 15.3 Å². The van der Waals surface area contributed by atoms with Gasteiger partial charge in [0.1, 0.15) is 0 Å². The fourth-order valence-electron chi connectivity index (χ4n) is 2.10. The van der Waals surface area contributed by atoms with Crippen LogP contribution in [0.1, 0.15) is 10.6 Å². The molecular formula is C15H15N3S. The molecule has 0 spiro atoms. The predicted molar refractivity (Wildman–Crippen MR) is 79.3 cm³/mol. The molecule has 96 valence electrons. The number of rotatable bonds is 5. The lowest BCUT2D eigenvalue weighted by Gasteiger charge is -2.06. The van der Waals surface area contributed by atoms with Crippen molar-refractivity contribution in [3.63, 3.8) is 0 Å². The van der Waals surface area contributed by atoms with Crippen molar-refractivity contribution in [2.75, 3.05) is 6.54 Å². The molecule has 1 aromatic carbocycles. The molecule has 0 saturated carbocycles. The first-order valence-electron chi connectivity index (χ1n) is 6.35. The first kappa shape index (κ1) is 12.3. The van der Waals surface area contributed by atoms with Crippen LogP contribution in [0.5, 0.6) is 0 Å². The van der Waals surface area contributed by atoms with E-state index in [0.717, 1.165) is 25.0 Å². The zero-order valence-electron chi connectivity index (χ0n) is 10.5. The van der Waals surface area contributed by atoms with Gasteiger partial charge in [0.2, 0.25) is 0 Å². The van der Waals surface area contributed by atoms with Gasteiger partial charge in [0.25, 0.3) is 0 Å². The van der Waals surface area contributed by atoms with Gasteiger partial charge >= 0.3 is 0 Å². The Morgan fingerprint density at radius 1 is 1.05 bits per heavy atom. The number of para-hydroxylation sites is 1. The highest BCUT2D eigenvalue weighted by molar-refractivity contribution is 7.09. The van der Waals surface area contributed by atoms with Crippen LogP contribution >= 0.6 is 11.3 Å². The first-order valence-corrected chi connectivity index (χ1v) is 7.23. The molecule has 0 aliphatic heterocycles.